The van der Waals surface area contributed by atoms with Crippen LogP contribution >= 0.6 is 23.2 Å². The number of halogens is 2. The van der Waals surface area contributed by atoms with Crippen molar-refractivity contribution in [3.05, 3.63) is 90.7 Å². The minimum Gasteiger partial charge on any atom is -0.339 e. The van der Waals surface area contributed by atoms with Gasteiger partial charge in [-0.1, -0.05) is 41.4 Å². The topological polar surface area (TPSA) is 108 Å². The Hall–Kier alpha value is -3.43. The molecule has 2 aromatic carbocycles. The van der Waals surface area contributed by atoms with Crippen molar-refractivity contribution in [2.75, 3.05) is 26.2 Å². The number of hydrogen-bond donors (Lipinski definition) is 1. The number of aromatic amines is 1. The molecule has 1 aliphatic heterocycles. The third kappa shape index (κ3) is 4.90. The Kier molecular flexibility index (Phi) is 6.85. The quantitative estimate of drug-likeness (QED) is 0.588. The van der Waals surface area contributed by atoms with Gasteiger partial charge in [0.2, 0.25) is 11.8 Å². The van der Waals surface area contributed by atoms with Crippen molar-refractivity contribution in [1.82, 2.24) is 24.6 Å². The van der Waals surface area contributed by atoms with Crippen LogP contribution in [-0.2, 0) is 9.59 Å². The molecule has 1 aliphatic rings. The van der Waals surface area contributed by atoms with E-state index >= 15 is 0 Å². The Labute approximate surface area is 204 Å². The number of carbonyl (C=O) groups is 2. The summed E-state index contributed by atoms with van der Waals surface area (Å²) in [6, 6.07) is 11.8. The Morgan fingerprint density at radius 1 is 0.971 bits per heavy atom. The summed E-state index contributed by atoms with van der Waals surface area (Å²) in [5.41, 5.74) is 0.279. The third-order valence-corrected chi connectivity index (χ3v) is 6.32. The molecule has 1 fully saturated rings. The van der Waals surface area contributed by atoms with E-state index in [1.165, 1.54) is 13.0 Å². The fourth-order valence-electron chi connectivity index (χ4n) is 3.95. The van der Waals surface area contributed by atoms with Gasteiger partial charge in [-0.05, 0) is 35.4 Å². The van der Waals surface area contributed by atoms with Crippen LogP contribution in [0, 0.1) is 0 Å². The van der Waals surface area contributed by atoms with Crippen LogP contribution < -0.4 is 11.2 Å². The predicted molar refractivity (Wildman–Crippen MR) is 128 cm³/mol. The monoisotopic (exact) mass is 501 g/mol. The summed E-state index contributed by atoms with van der Waals surface area (Å²) < 4.78 is 1.01. The molecule has 1 N–H and O–H groups in total. The van der Waals surface area contributed by atoms with Gasteiger partial charge in [0.05, 0.1) is 11.6 Å². The van der Waals surface area contributed by atoms with Crippen molar-refractivity contribution < 1.29 is 9.59 Å². The van der Waals surface area contributed by atoms with Crippen LogP contribution in [0.4, 0.5) is 0 Å². The van der Waals surface area contributed by atoms with Gasteiger partial charge in [-0.25, -0.2) is 4.79 Å². The Balaban J connectivity index is 1.71. The highest BCUT2D eigenvalue weighted by atomic mass is 35.5. The highest BCUT2D eigenvalue weighted by molar-refractivity contribution is 6.32. The van der Waals surface area contributed by atoms with E-state index in [0.29, 0.717) is 48.0 Å². The average molecular weight is 502 g/mol. The van der Waals surface area contributed by atoms with Gasteiger partial charge < -0.3 is 9.80 Å². The lowest BCUT2D eigenvalue weighted by atomic mass is 9.89. The minimum atomic E-state index is -0.719. The second-order valence-electron chi connectivity index (χ2n) is 7.87. The van der Waals surface area contributed by atoms with Crippen molar-refractivity contribution >= 4 is 35.0 Å². The number of aromatic nitrogens is 3. The molecule has 0 bridgehead atoms. The zero-order valence-corrected chi connectivity index (χ0v) is 19.7. The van der Waals surface area contributed by atoms with E-state index in [4.69, 9.17) is 23.2 Å². The molecule has 176 valence electrons. The largest absolute Gasteiger partial charge is 0.349 e. The standard InChI is InChI=1S/C23H21Cl2N5O4/c1-14(31)28-8-10-29(11-9-28)22(33)21(15-2-4-16(24)5-3-15)18-7-6-17(12-19(18)25)30-23(34)27-20(32)13-26-30/h2-7,12-13,21H,8-11H2,1H3,(H,27,32,34). The first kappa shape index (κ1) is 23.7. The van der Waals surface area contributed by atoms with Gasteiger partial charge >= 0.3 is 5.69 Å². The number of piperazine rings is 1. The van der Waals surface area contributed by atoms with Crippen LogP contribution in [0.1, 0.15) is 24.0 Å². The lowest BCUT2D eigenvalue weighted by Gasteiger charge is -2.36. The molecular weight excluding hydrogens is 481 g/mol. The molecular formula is C23H21Cl2N5O4. The molecule has 11 heteroatoms. The summed E-state index contributed by atoms with van der Waals surface area (Å²) >= 11 is 12.7. The molecule has 1 unspecified atom stereocenters. The van der Waals surface area contributed by atoms with Gasteiger partial charge in [0.1, 0.15) is 6.20 Å². The number of hydrogen-bond acceptors (Lipinski definition) is 5. The first-order chi connectivity index (χ1) is 16.2. The van der Waals surface area contributed by atoms with Gasteiger partial charge in [0.25, 0.3) is 5.56 Å². The minimum absolute atomic E-state index is 0.0221. The summed E-state index contributed by atoms with van der Waals surface area (Å²) in [6.45, 7) is 3.26. The van der Waals surface area contributed by atoms with Crippen LogP contribution in [-0.4, -0.2) is 62.6 Å². The molecule has 0 radical (unpaired) electrons. The lowest BCUT2D eigenvalue weighted by Crippen LogP contribution is -2.51. The van der Waals surface area contributed by atoms with E-state index in [2.05, 4.69) is 10.1 Å². The summed E-state index contributed by atoms with van der Waals surface area (Å²) in [5, 5.41) is 4.64. The molecule has 2 amide bonds. The second kappa shape index (κ2) is 9.82. The van der Waals surface area contributed by atoms with E-state index in [1.54, 1.807) is 46.2 Å². The molecule has 4 rings (SSSR count). The maximum atomic E-state index is 13.7. The molecule has 1 saturated heterocycles. The zero-order valence-electron chi connectivity index (χ0n) is 18.2. The average Bonchev–Trinajstić information content (AvgIpc) is 2.81. The summed E-state index contributed by atoms with van der Waals surface area (Å²) in [6.07, 6.45) is 0.990. The molecule has 3 aromatic rings. The molecule has 1 atom stereocenters. The Bertz CT molecular complexity index is 1340. The van der Waals surface area contributed by atoms with E-state index in [9.17, 15) is 19.2 Å². The fraction of sp³-hybridized carbons (Fsp3) is 0.261. The fourth-order valence-corrected chi connectivity index (χ4v) is 4.36. The highest BCUT2D eigenvalue weighted by Crippen LogP contribution is 2.34. The molecule has 2 heterocycles. The predicted octanol–water partition coefficient (Wildman–Crippen LogP) is 2.05. The second-order valence-corrected chi connectivity index (χ2v) is 8.72. The maximum Gasteiger partial charge on any atom is 0.349 e. The SMILES string of the molecule is CC(=O)N1CCN(C(=O)C(c2ccc(Cl)cc2)c2ccc(-n3ncc(=O)[nH]c3=O)cc2Cl)CC1. The van der Waals surface area contributed by atoms with Crippen molar-refractivity contribution in [2.24, 2.45) is 0 Å². The van der Waals surface area contributed by atoms with Crippen molar-refractivity contribution in [1.29, 1.82) is 0 Å². The molecule has 1 aromatic heterocycles. The molecule has 0 aliphatic carbocycles. The number of nitrogens with zero attached hydrogens (tertiary/aromatic N) is 4. The van der Waals surface area contributed by atoms with Gasteiger partial charge in [-0.2, -0.15) is 9.78 Å². The molecule has 34 heavy (non-hydrogen) atoms. The molecule has 0 saturated carbocycles. The molecule has 9 nitrogen and oxygen atoms in total. The van der Waals surface area contributed by atoms with Crippen LogP contribution in [0.15, 0.2) is 58.3 Å². The van der Waals surface area contributed by atoms with Gasteiger partial charge in [0, 0.05) is 43.1 Å². The van der Waals surface area contributed by atoms with Gasteiger partial charge in [-0.3, -0.25) is 19.4 Å². The summed E-state index contributed by atoms with van der Waals surface area (Å²) in [7, 11) is 0. The molecule has 0 spiro atoms. The Morgan fingerprint density at radius 2 is 1.62 bits per heavy atom. The summed E-state index contributed by atoms with van der Waals surface area (Å²) in [5.74, 6) is -0.895. The van der Waals surface area contributed by atoms with Crippen molar-refractivity contribution in [2.45, 2.75) is 12.8 Å². The number of H-pyrrole nitrogens is 1. The maximum absolute atomic E-state index is 13.7. The first-order valence-electron chi connectivity index (χ1n) is 10.5. The van der Waals surface area contributed by atoms with Crippen LogP contribution in [0.25, 0.3) is 5.69 Å². The first-order valence-corrected chi connectivity index (χ1v) is 11.3. The third-order valence-electron chi connectivity index (χ3n) is 5.74. The summed E-state index contributed by atoms with van der Waals surface area (Å²) in [4.78, 5) is 54.3. The van der Waals surface area contributed by atoms with Crippen LogP contribution in [0.2, 0.25) is 10.0 Å². The smallest absolute Gasteiger partial charge is 0.339 e. The lowest BCUT2D eigenvalue weighted by molar-refractivity contribution is -0.138. The van der Waals surface area contributed by atoms with Crippen molar-refractivity contribution in [3.8, 4) is 5.69 Å². The van der Waals surface area contributed by atoms with Gasteiger partial charge in [-0.15, -0.1) is 0 Å². The van der Waals surface area contributed by atoms with Gasteiger partial charge in [0.15, 0.2) is 0 Å². The normalized spacial score (nSPS) is 14.7. The number of nitrogens with one attached hydrogen (secondary N) is 1. The highest BCUT2D eigenvalue weighted by Gasteiger charge is 2.32. The van der Waals surface area contributed by atoms with Crippen LogP contribution in [0.3, 0.4) is 0 Å². The number of rotatable bonds is 4. The van der Waals surface area contributed by atoms with Crippen LogP contribution in [0.5, 0.6) is 0 Å². The van der Waals surface area contributed by atoms with E-state index < -0.39 is 17.2 Å². The Morgan fingerprint density at radius 3 is 2.21 bits per heavy atom. The number of carbonyl (C=O) groups excluding carboxylic acids is 2. The van der Waals surface area contributed by atoms with E-state index in [-0.39, 0.29) is 16.8 Å². The zero-order chi connectivity index (χ0) is 24.4. The number of benzene rings is 2. The van der Waals surface area contributed by atoms with Crippen molar-refractivity contribution in [3.63, 3.8) is 0 Å². The number of amides is 2. The van der Waals surface area contributed by atoms with E-state index in [0.717, 1.165) is 10.9 Å². The van der Waals surface area contributed by atoms with E-state index in [1.807, 2.05) is 0 Å².